The molecule has 120 valence electrons. The van der Waals surface area contributed by atoms with Gasteiger partial charge in [0.15, 0.2) is 0 Å². The first-order chi connectivity index (χ1) is 11.1. The van der Waals surface area contributed by atoms with Gasteiger partial charge in [0.25, 0.3) is 5.91 Å². The zero-order valence-electron chi connectivity index (χ0n) is 12.8. The minimum atomic E-state index is -1.08. The Morgan fingerprint density at radius 3 is 2.17 bits per heavy atom. The average molecular weight is 313 g/mol. The Morgan fingerprint density at radius 1 is 1.04 bits per heavy atom. The Labute approximate surface area is 134 Å². The second-order valence-corrected chi connectivity index (χ2v) is 5.11. The topological polar surface area (TPSA) is 75.6 Å². The Hall–Kier alpha value is -2.66. The fourth-order valence-electron chi connectivity index (χ4n) is 2.20. The third kappa shape index (κ3) is 5.23. The van der Waals surface area contributed by atoms with Gasteiger partial charge in [-0.25, -0.2) is 0 Å². The van der Waals surface area contributed by atoms with Crippen LogP contribution in [0.4, 0.5) is 0 Å². The van der Waals surface area contributed by atoms with Crippen LogP contribution >= 0.6 is 0 Å². The van der Waals surface area contributed by atoms with Crippen molar-refractivity contribution in [2.75, 3.05) is 0 Å². The van der Waals surface area contributed by atoms with Crippen LogP contribution in [-0.2, 0) is 20.7 Å². The lowest BCUT2D eigenvalue weighted by Gasteiger charge is -2.20. The number of rotatable bonds is 6. The van der Waals surface area contributed by atoms with Crippen molar-refractivity contribution in [1.29, 1.82) is 0 Å². The molecular formula is C18H19NO4. The fraction of sp³-hybridized carbons (Fsp3) is 0.222. The number of hydrogen-bond acceptors (Lipinski definition) is 4. The molecule has 2 N–H and O–H groups in total. The predicted octanol–water partition coefficient (Wildman–Crippen LogP) is 1.97. The number of amides is 1. The van der Waals surface area contributed by atoms with Crippen molar-refractivity contribution < 1.29 is 19.4 Å². The van der Waals surface area contributed by atoms with Gasteiger partial charge in [-0.1, -0.05) is 60.7 Å². The molecule has 0 fully saturated rings. The molecule has 0 aliphatic rings. The van der Waals surface area contributed by atoms with Gasteiger partial charge >= 0.3 is 5.97 Å². The monoisotopic (exact) mass is 313 g/mol. The first-order valence-corrected chi connectivity index (χ1v) is 7.31. The van der Waals surface area contributed by atoms with E-state index in [2.05, 4.69) is 5.32 Å². The van der Waals surface area contributed by atoms with E-state index in [1.807, 2.05) is 30.3 Å². The molecule has 0 aromatic heterocycles. The number of carbonyl (C=O) groups excluding carboxylic acids is 2. The maximum atomic E-state index is 12.3. The molecule has 0 radical (unpaired) electrons. The minimum absolute atomic E-state index is 0.272. The van der Waals surface area contributed by atoms with Crippen LogP contribution in [0.2, 0.25) is 0 Å². The molecular weight excluding hydrogens is 294 g/mol. The van der Waals surface area contributed by atoms with Crippen molar-refractivity contribution >= 4 is 11.9 Å². The summed E-state index contributed by atoms with van der Waals surface area (Å²) in [6, 6.07) is 18.0. The van der Waals surface area contributed by atoms with E-state index in [0.717, 1.165) is 5.56 Å². The van der Waals surface area contributed by atoms with Crippen molar-refractivity contribution in [3.8, 4) is 0 Å². The Balaban J connectivity index is 2.04. The number of aliphatic hydroxyl groups is 1. The van der Waals surface area contributed by atoms with E-state index in [9.17, 15) is 14.7 Å². The lowest BCUT2D eigenvalue weighted by atomic mass is 10.1. The van der Waals surface area contributed by atoms with Crippen LogP contribution in [0.25, 0.3) is 0 Å². The van der Waals surface area contributed by atoms with E-state index in [1.54, 1.807) is 30.3 Å². The highest BCUT2D eigenvalue weighted by Crippen LogP contribution is 2.18. The van der Waals surface area contributed by atoms with Crippen LogP contribution in [0, 0.1) is 0 Å². The molecule has 0 aliphatic carbocycles. The fourth-order valence-corrected chi connectivity index (χ4v) is 2.20. The third-order valence-corrected chi connectivity index (χ3v) is 3.21. The summed E-state index contributed by atoms with van der Waals surface area (Å²) in [5, 5.41) is 12.5. The summed E-state index contributed by atoms with van der Waals surface area (Å²) in [6.45, 7) is 1.24. The van der Waals surface area contributed by atoms with Gasteiger partial charge in [0, 0.05) is 18.9 Å². The van der Waals surface area contributed by atoms with Gasteiger partial charge in [-0.05, 0) is 5.56 Å². The molecule has 1 amide bonds. The molecule has 0 spiro atoms. The average Bonchev–Trinajstić information content (AvgIpc) is 2.54. The van der Waals surface area contributed by atoms with Crippen molar-refractivity contribution in [3.63, 3.8) is 0 Å². The third-order valence-electron chi connectivity index (χ3n) is 3.21. The quantitative estimate of drug-likeness (QED) is 0.631. The zero-order chi connectivity index (χ0) is 16.7. The standard InChI is InChI=1S/C18H19NO4/c1-13(20)23-17(15-10-6-3-7-11-15)18(22)19-16(21)12-14-8-4-2-5-9-14/h2-11,16-17,21H,12H2,1H3,(H,19,22). The summed E-state index contributed by atoms with van der Waals surface area (Å²) in [6.07, 6.45) is -1.88. The maximum Gasteiger partial charge on any atom is 0.303 e. The minimum Gasteiger partial charge on any atom is -0.447 e. The van der Waals surface area contributed by atoms with Gasteiger partial charge in [0.1, 0.15) is 6.23 Å². The zero-order valence-corrected chi connectivity index (χ0v) is 12.8. The van der Waals surface area contributed by atoms with Crippen LogP contribution in [0.5, 0.6) is 0 Å². The lowest BCUT2D eigenvalue weighted by Crippen LogP contribution is -2.40. The Bertz CT molecular complexity index is 643. The molecule has 2 atom stereocenters. The van der Waals surface area contributed by atoms with Crippen LogP contribution in [0.15, 0.2) is 60.7 Å². The number of carbonyl (C=O) groups is 2. The molecule has 0 heterocycles. The number of aliphatic hydroxyl groups excluding tert-OH is 1. The van der Waals surface area contributed by atoms with E-state index in [4.69, 9.17) is 4.74 Å². The largest absolute Gasteiger partial charge is 0.447 e. The number of hydrogen-bond donors (Lipinski definition) is 2. The number of ether oxygens (including phenoxy) is 1. The van der Waals surface area contributed by atoms with E-state index >= 15 is 0 Å². The van der Waals surface area contributed by atoms with Gasteiger partial charge in [0.2, 0.25) is 6.10 Å². The number of esters is 1. The van der Waals surface area contributed by atoms with E-state index in [-0.39, 0.29) is 6.42 Å². The van der Waals surface area contributed by atoms with Gasteiger partial charge in [0.05, 0.1) is 0 Å². The summed E-state index contributed by atoms with van der Waals surface area (Å²) in [5.41, 5.74) is 1.44. The molecule has 2 rings (SSSR count). The van der Waals surface area contributed by atoms with Crippen molar-refractivity contribution in [2.45, 2.75) is 25.7 Å². The number of benzene rings is 2. The van der Waals surface area contributed by atoms with Crippen molar-refractivity contribution in [3.05, 3.63) is 71.8 Å². The van der Waals surface area contributed by atoms with Gasteiger partial charge in [-0.2, -0.15) is 0 Å². The highest BCUT2D eigenvalue weighted by atomic mass is 16.5. The molecule has 0 saturated carbocycles. The molecule has 2 aromatic rings. The summed E-state index contributed by atoms with van der Waals surface area (Å²) >= 11 is 0. The smallest absolute Gasteiger partial charge is 0.303 e. The van der Waals surface area contributed by atoms with Crippen LogP contribution in [0.3, 0.4) is 0 Å². The summed E-state index contributed by atoms with van der Waals surface area (Å²) in [7, 11) is 0. The molecule has 2 unspecified atom stereocenters. The van der Waals surface area contributed by atoms with E-state index < -0.39 is 24.2 Å². The van der Waals surface area contributed by atoms with E-state index in [1.165, 1.54) is 6.92 Å². The summed E-state index contributed by atoms with van der Waals surface area (Å²) < 4.78 is 5.09. The second kappa shape index (κ2) is 8.10. The van der Waals surface area contributed by atoms with Crippen LogP contribution in [0.1, 0.15) is 24.2 Å². The van der Waals surface area contributed by atoms with Gasteiger partial charge in [-0.3, -0.25) is 9.59 Å². The molecule has 5 heteroatoms. The Kier molecular flexibility index (Phi) is 5.88. The van der Waals surface area contributed by atoms with Crippen LogP contribution in [-0.4, -0.2) is 23.2 Å². The van der Waals surface area contributed by atoms with Gasteiger partial charge in [-0.15, -0.1) is 0 Å². The summed E-state index contributed by atoms with van der Waals surface area (Å²) in [5.74, 6) is -1.12. The molecule has 23 heavy (non-hydrogen) atoms. The molecule has 0 saturated heterocycles. The highest BCUT2D eigenvalue weighted by Gasteiger charge is 2.25. The van der Waals surface area contributed by atoms with E-state index in [0.29, 0.717) is 5.56 Å². The highest BCUT2D eigenvalue weighted by molar-refractivity contribution is 5.84. The SMILES string of the molecule is CC(=O)OC(C(=O)NC(O)Cc1ccccc1)c1ccccc1. The number of nitrogens with one attached hydrogen (secondary N) is 1. The van der Waals surface area contributed by atoms with Crippen molar-refractivity contribution in [1.82, 2.24) is 5.32 Å². The molecule has 0 bridgehead atoms. The predicted molar refractivity (Wildman–Crippen MR) is 85.2 cm³/mol. The van der Waals surface area contributed by atoms with Crippen molar-refractivity contribution in [2.24, 2.45) is 0 Å². The van der Waals surface area contributed by atoms with Crippen LogP contribution < -0.4 is 5.32 Å². The second-order valence-electron chi connectivity index (χ2n) is 5.11. The Morgan fingerprint density at radius 2 is 1.61 bits per heavy atom. The first-order valence-electron chi connectivity index (χ1n) is 7.31. The first kappa shape index (κ1) is 16.7. The summed E-state index contributed by atoms with van der Waals surface area (Å²) in [4.78, 5) is 23.6. The molecule has 0 aliphatic heterocycles. The maximum absolute atomic E-state index is 12.3. The molecule has 5 nitrogen and oxygen atoms in total. The normalized spacial score (nSPS) is 13.0. The van der Waals surface area contributed by atoms with Gasteiger partial charge < -0.3 is 15.2 Å². The lowest BCUT2D eigenvalue weighted by molar-refractivity contribution is -0.155. The molecule has 2 aromatic carbocycles.